The molecule has 4 aromatic rings. The van der Waals surface area contributed by atoms with Gasteiger partial charge in [0.1, 0.15) is 30.0 Å². The minimum absolute atomic E-state index is 0.106. The maximum absolute atomic E-state index is 13.0. The first-order valence-electron chi connectivity index (χ1n) is 9.12. The normalized spacial score (nSPS) is 10.7. The van der Waals surface area contributed by atoms with Gasteiger partial charge < -0.3 is 13.9 Å². The van der Waals surface area contributed by atoms with Crippen LogP contribution in [0, 0.1) is 10.1 Å². The van der Waals surface area contributed by atoms with Gasteiger partial charge in [-0.15, -0.1) is 0 Å². The van der Waals surface area contributed by atoms with Gasteiger partial charge in [0.15, 0.2) is 0 Å². The van der Waals surface area contributed by atoms with Crippen molar-refractivity contribution in [1.82, 2.24) is 0 Å². The predicted molar refractivity (Wildman–Crippen MR) is 112 cm³/mol. The van der Waals surface area contributed by atoms with E-state index in [1.807, 2.05) is 30.3 Å². The van der Waals surface area contributed by atoms with Crippen LogP contribution in [0.15, 0.2) is 82.2 Å². The number of hydrogen-bond acceptors (Lipinski definition) is 6. The number of fused-ring (bicyclic) bond motifs is 1. The summed E-state index contributed by atoms with van der Waals surface area (Å²) in [5, 5.41) is 11.8. The van der Waals surface area contributed by atoms with Crippen LogP contribution in [-0.2, 0) is 6.61 Å². The van der Waals surface area contributed by atoms with Crippen molar-refractivity contribution in [1.29, 1.82) is 0 Å². The maximum atomic E-state index is 13.0. The fraction of sp³-hybridized carbons (Fsp3) is 0.0870. The molecule has 0 spiro atoms. The molecule has 150 valence electrons. The summed E-state index contributed by atoms with van der Waals surface area (Å²) in [6, 6.07) is 18.9. The highest BCUT2D eigenvalue weighted by Crippen LogP contribution is 2.32. The van der Waals surface area contributed by atoms with E-state index in [0.29, 0.717) is 29.1 Å². The van der Waals surface area contributed by atoms with E-state index in [-0.39, 0.29) is 22.2 Å². The minimum atomic E-state index is -0.554. The van der Waals surface area contributed by atoms with Gasteiger partial charge in [0.2, 0.25) is 5.43 Å². The number of ether oxygens (including phenoxy) is 2. The van der Waals surface area contributed by atoms with Gasteiger partial charge >= 0.3 is 0 Å². The molecule has 0 aliphatic carbocycles. The summed E-state index contributed by atoms with van der Waals surface area (Å²) in [7, 11) is 1.42. The zero-order chi connectivity index (χ0) is 21.1. The number of methoxy groups -OCH3 is 1. The molecule has 0 saturated heterocycles. The molecule has 0 aliphatic rings. The van der Waals surface area contributed by atoms with Crippen molar-refractivity contribution in [3.63, 3.8) is 0 Å². The minimum Gasteiger partial charge on any atom is -0.497 e. The van der Waals surface area contributed by atoms with Crippen LogP contribution in [0.2, 0.25) is 0 Å². The number of nitrogens with zero attached hydrogens (tertiary/aromatic N) is 1. The van der Waals surface area contributed by atoms with Gasteiger partial charge in [-0.1, -0.05) is 30.3 Å². The lowest BCUT2D eigenvalue weighted by atomic mass is 10.0. The molecular formula is C23H17NO6. The Bertz CT molecular complexity index is 1280. The molecule has 0 amide bonds. The van der Waals surface area contributed by atoms with Gasteiger partial charge in [-0.05, 0) is 29.8 Å². The summed E-state index contributed by atoms with van der Waals surface area (Å²) in [6.07, 6.45) is 1.24. The first kappa shape index (κ1) is 19.2. The summed E-state index contributed by atoms with van der Waals surface area (Å²) in [4.78, 5) is 23.9. The van der Waals surface area contributed by atoms with Crippen LogP contribution < -0.4 is 14.9 Å². The van der Waals surface area contributed by atoms with Gasteiger partial charge in [-0.3, -0.25) is 14.9 Å². The van der Waals surface area contributed by atoms with Crippen LogP contribution in [0.1, 0.15) is 5.56 Å². The van der Waals surface area contributed by atoms with Gasteiger partial charge in [0.25, 0.3) is 5.69 Å². The SMILES string of the molecule is COc1ccc(-c2coc3cc(OCc4ccccc4)ccc3c2=O)c([N+](=O)[O-])c1. The molecule has 0 fully saturated rings. The standard InChI is InChI=1S/C23H17NO6/c1-28-16-7-9-18(21(11-16)24(26)27)20-14-30-22-12-17(8-10-19(22)23(20)25)29-13-15-5-3-2-4-6-15/h2-12,14H,13H2,1H3. The Hall–Kier alpha value is -4.13. The third-order valence-corrected chi connectivity index (χ3v) is 4.69. The van der Waals surface area contributed by atoms with Crippen LogP contribution in [0.3, 0.4) is 0 Å². The van der Waals surface area contributed by atoms with Gasteiger partial charge in [0.05, 0.1) is 34.6 Å². The average Bonchev–Trinajstić information content (AvgIpc) is 2.78. The topological polar surface area (TPSA) is 91.8 Å². The van der Waals surface area contributed by atoms with E-state index < -0.39 is 4.92 Å². The van der Waals surface area contributed by atoms with E-state index in [2.05, 4.69) is 0 Å². The summed E-state index contributed by atoms with van der Waals surface area (Å²) in [6.45, 7) is 0.382. The van der Waals surface area contributed by atoms with Crippen LogP contribution in [0.25, 0.3) is 22.1 Å². The van der Waals surface area contributed by atoms with E-state index in [0.717, 1.165) is 5.56 Å². The fourth-order valence-corrected chi connectivity index (χ4v) is 3.14. The van der Waals surface area contributed by atoms with Gasteiger partial charge in [-0.2, -0.15) is 0 Å². The second-order valence-electron chi connectivity index (χ2n) is 6.55. The molecule has 0 N–H and O–H groups in total. The Morgan fingerprint density at radius 2 is 1.73 bits per heavy atom. The van der Waals surface area contributed by atoms with Crippen LogP contribution in [-0.4, -0.2) is 12.0 Å². The van der Waals surface area contributed by atoms with Crippen molar-refractivity contribution >= 4 is 16.7 Å². The molecule has 0 atom stereocenters. The lowest BCUT2D eigenvalue weighted by molar-refractivity contribution is -0.384. The molecule has 30 heavy (non-hydrogen) atoms. The highest BCUT2D eigenvalue weighted by molar-refractivity contribution is 5.84. The van der Waals surface area contributed by atoms with E-state index in [1.54, 1.807) is 24.3 Å². The lowest BCUT2D eigenvalue weighted by Gasteiger charge is -2.08. The maximum Gasteiger partial charge on any atom is 0.281 e. The second kappa shape index (κ2) is 8.08. The van der Waals surface area contributed by atoms with Crippen LogP contribution >= 0.6 is 0 Å². The molecule has 0 radical (unpaired) electrons. The number of nitro benzene ring substituents is 1. The first-order chi connectivity index (χ1) is 14.6. The predicted octanol–water partition coefficient (Wildman–Crippen LogP) is 4.96. The summed E-state index contributed by atoms with van der Waals surface area (Å²) < 4.78 is 16.4. The molecule has 7 nitrogen and oxygen atoms in total. The van der Waals surface area contributed by atoms with Crippen molar-refractivity contribution in [2.45, 2.75) is 6.61 Å². The van der Waals surface area contributed by atoms with Crippen molar-refractivity contribution in [2.24, 2.45) is 0 Å². The summed E-state index contributed by atoms with van der Waals surface area (Å²) in [5.41, 5.74) is 1.03. The van der Waals surface area contributed by atoms with E-state index in [1.165, 1.54) is 25.5 Å². The van der Waals surface area contributed by atoms with Gasteiger partial charge in [0, 0.05) is 6.07 Å². The molecule has 0 saturated carbocycles. The average molecular weight is 403 g/mol. The Labute approximate surface area is 171 Å². The monoisotopic (exact) mass is 403 g/mol. The molecule has 1 heterocycles. The third-order valence-electron chi connectivity index (χ3n) is 4.69. The molecule has 0 unspecified atom stereocenters. The van der Waals surface area contributed by atoms with Crippen LogP contribution in [0.4, 0.5) is 5.69 Å². The molecule has 0 aliphatic heterocycles. The lowest BCUT2D eigenvalue weighted by Crippen LogP contribution is -2.06. The first-order valence-corrected chi connectivity index (χ1v) is 9.12. The van der Waals surface area contributed by atoms with Crippen LogP contribution in [0.5, 0.6) is 11.5 Å². The fourth-order valence-electron chi connectivity index (χ4n) is 3.14. The summed E-state index contributed by atoms with van der Waals surface area (Å²) in [5.74, 6) is 0.883. The Morgan fingerprint density at radius 3 is 2.47 bits per heavy atom. The van der Waals surface area contributed by atoms with E-state index >= 15 is 0 Å². The Balaban J connectivity index is 1.70. The quantitative estimate of drug-likeness (QED) is 0.334. The number of benzene rings is 3. The largest absolute Gasteiger partial charge is 0.497 e. The molecular weight excluding hydrogens is 386 g/mol. The summed E-state index contributed by atoms with van der Waals surface area (Å²) >= 11 is 0. The zero-order valence-electron chi connectivity index (χ0n) is 16.0. The molecule has 7 heteroatoms. The van der Waals surface area contributed by atoms with E-state index in [9.17, 15) is 14.9 Å². The molecule has 3 aromatic carbocycles. The number of rotatable bonds is 6. The molecule has 1 aromatic heterocycles. The molecule has 4 rings (SSSR count). The Morgan fingerprint density at radius 1 is 0.967 bits per heavy atom. The van der Waals surface area contributed by atoms with Crippen molar-refractivity contribution in [3.05, 3.63) is 98.9 Å². The Kier molecular flexibility index (Phi) is 5.17. The zero-order valence-corrected chi connectivity index (χ0v) is 16.0. The highest BCUT2D eigenvalue weighted by Gasteiger charge is 2.20. The van der Waals surface area contributed by atoms with Crippen molar-refractivity contribution in [3.8, 4) is 22.6 Å². The smallest absolute Gasteiger partial charge is 0.281 e. The third kappa shape index (κ3) is 3.73. The van der Waals surface area contributed by atoms with Crippen molar-refractivity contribution in [2.75, 3.05) is 7.11 Å². The number of hydrogen-bond donors (Lipinski definition) is 0. The van der Waals surface area contributed by atoms with Gasteiger partial charge in [-0.25, -0.2) is 0 Å². The number of nitro groups is 1. The molecule has 0 bridgehead atoms. The van der Waals surface area contributed by atoms with Crippen molar-refractivity contribution < 1.29 is 18.8 Å². The second-order valence-corrected chi connectivity index (χ2v) is 6.55. The highest BCUT2D eigenvalue weighted by atomic mass is 16.6. The van der Waals surface area contributed by atoms with E-state index in [4.69, 9.17) is 13.9 Å².